The van der Waals surface area contributed by atoms with Crippen LogP contribution in [0.3, 0.4) is 0 Å². The number of carbonyl (C=O) groups is 1. The number of nitrogens with zero attached hydrogens (tertiary/aromatic N) is 2. The molecule has 1 aliphatic rings. The predicted octanol–water partition coefficient (Wildman–Crippen LogP) is 6.33. The highest BCUT2D eigenvalue weighted by Gasteiger charge is 2.30. The second-order valence-corrected chi connectivity index (χ2v) is 10.3. The predicted molar refractivity (Wildman–Crippen MR) is 141 cm³/mol. The fourth-order valence-electron chi connectivity index (χ4n) is 4.23. The van der Waals surface area contributed by atoms with Crippen molar-refractivity contribution in [2.75, 3.05) is 6.79 Å². The van der Waals surface area contributed by atoms with Crippen LogP contribution in [0.1, 0.15) is 43.3 Å². The second kappa shape index (κ2) is 11.5. The molecule has 10 heteroatoms. The van der Waals surface area contributed by atoms with Crippen molar-refractivity contribution < 1.29 is 27.4 Å². The highest BCUT2D eigenvalue weighted by molar-refractivity contribution is 7.09. The van der Waals surface area contributed by atoms with E-state index in [1.54, 1.807) is 17.5 Å². The van der Waals surface area contributed by atoms with E-state index in [0.29, 0.717) is 53.9 Å². The molecule has 0 unspecified atom stereocenters. The lowest BCUT2D eigenvalue weighted by Gasteiger charge is -2.22. The molecule has 0 fully saturated rings. The van der Waals surface area contributed by atoms with Crippen LogP contribution in [0.15, 0.2) is 72.1 Å². The van der Waals surface area contributed by atoms with Crippen LogP contribution in [0.2, 0.25) is 0 Å². The molecule has 1 N–H and O–H groups in total. The van der Waals surface area contributed by atoms with E-state index in [9.17, 15) is 18.0 Å². The van der Waals surface area contributed by atoms with Crippen LogP contribution in [-0.4, -0.2) is 22.6 Å². The normalized spacial score (nSPS) is 12.6. The van der Waals surface area contributed by atoms with E-state index in [-0.39, 0.29) is 12.7 Å². The monoisotopic (exact) mass is 553 g/mol. The summed E-state index contributed by atoms with van der Waals surface area (Å²) in [6.45, 7) is 3.67. The number of fused-ring (bicyclic) bond motifs is 1. The van der Waals surface area contributed by atoms with Crippen molar-refractivity contribution >= 4 is 17.2 Å². The van der Waals surface area contributed by atoms with Crippen molar-refractivity contribution in [1.29, 1.82) is 0 Å². The second-order valence-electron chi connectivity index (χ2n) is 9.33. The molecule has 0 atom stereocenters. The molecule has 2 heterocycles. The highest BCUT2D eigenvalue weighted by Crippen LogP contribution is 2.32. The lowest BCUT2D eigenvalue weighted by molar-refractivity contribution is -0.137. The summed E-state index contributed by atoms with van der Waals surface area (Å²) in [4.78, 5) is 19.3. The lowest BCUT2D eigenvalue weighted by atomic mass is 10.1. The van der Waals surface area contributed by atoms with E-state index >= 15 is 0 Å². The Morgan fingerprint density at radius 3 is 2.49 bits per heavy atom. The molecule has 1 aliphatic heterocycles. The first-order valence-corrected chi connectivity index (χ1v) is 13.2. The third-order valence-electron chi connectivity index (χ3n) is 6.22. The number of carbonyl (C=O) groups excluding carboxylic acids is 1. The molecule has 0 spiro atoms. The summed E-state index contributed by atoms with van der Waals surface area (Å²) in [5, 5.41) is 5.26. The summed E-state index contributed by atoms with van der Waals surface area (Å²) in [7, 11) is 0. The molecule has 5 rings (SSSR count). The van der Waals surface area contributed by atoms with Gasteiger partial charge < -0.3 is 14.8 Å². The van der Waals surface area contributed by atoms with Crippen LogP contribution in [-0.2, 0) is 32.4 Å². The fraction of sp³-hybridized carbons (Fsp3) is 0.241. The Bertz CT molecular complexity index is 1450. The Balaban J connectivity index is 1.27. The fourth-order valence-corrected chi connectivity index (χ4v) is 5.04. The van der Waals surface area contributed by atoms with Crippen molar-refractivity contribution in [3.8, 4) is 11.5 Å². The van der Waals surface area contributed by atoms with E-state index in [1.807, 2.05) is 48.2 Å². The minimum absolute atomic E-state index is 0.182. The average molecular weight is 554 g/mol. The maximum absolute atomic E-state index is 13.3. The number of thiazole rings is 1. The number of aromatic nitrogens is 1. The van der Waals surface area contributed by atoms with Gasteiger partial charge in [-0.15, -0.1) is 11.3 Å². The summed E-state index contributed by atoms with van der Waals surface area (Å²) in [6.07, 6.45) is -4.41. The Hall–Kier alpha value is -3.89. The van der Waals surface area contributed by atoms with Crippen LogP contribution in [0, 0.1) is 6.92 Å². The molecule has 39 heavy (non-hydrogen) atoms. The zero-order valence-corrected chi connectivity index (χ0v) is 21.9. The van der Waals surface area contributed by atoms with Gasteiger partial charge in [0.25, 0.3) is 5.91 Å². The molecule has 6 nitrogen and oxygen atoms in total. The first-order chi connectivity index (χ1) is 18.7. The quantitative estimate of drug-likeness (QED) is 0.262. The number of rotatable bonds is 9. The van der Waals surface area contributed by atoms with Crippen LogP contribution < -0.4 is 14.8 Å². The van der Waals surface area contributed by atoms with E-state index in [1.165, 1.54) is 23.5 Å². The Morgan fingerprint density at radius 2 is 1.69 bits per heavy atom. The van der Waals surface area contributed by atoms with Gasteiger partial charge in [0.15, 0.2) is 11.5 Å². The number of aryl methyl sites for hydroxylation is 1. The minimum Gasteiger partial charge on any atom is -0.454 e. The number of amides is 1. The molecule has 3 aromatic carbocycles. The van der Waals surface area contributed by atoms with Gasteiger partial charge in [0.05, 0.1) is 12.1 Å². The summed E-state index contributed by atoms with van der Waals surface area (Å²) in [6, 6.07) is 18.9. The average Bonchev–Trinajstić information content (AvgIpc) is 3.58. The standard InChI is InChI=1S/C29H26F3N3O3S/c1-19-5-7-20(8-6-19)14-35(15-22-3-2-4-23(11-22)29(30,31)32)16-27-34-24(17-39-27)28(36)33-13-21-9-10-25-26(12-21)38-18-37-25/h2-12,17H,13-16,18H2,1H3,(H,33,36). The van der Waals surface area contributed by atoms with Gasteiger partial charge in [-0.25, -0.2) is 4.98 Å². The molecule has 1 aromatic heterocycles. The summed E-state index contributed by atoms with van der Waals surface area (Å²) < 4.78 is 50.5. The van der Waals surface area contributed by atoms with Crippen LogP contribution in [0.4, 0.5) is 13.2 Å². The molecule has 0 saturated carbocycles. The van der Waals surface area contributed by atoms with E-state index in [2.05, 4.69) is 10.3 Å². The van der Waals surface area contributed by atoms with E-state index in [4.69, 9.17) is 9.47 Å². The Kier molecular flexibility index (Phi) is 7.85. The van der Waals surface area contributed by atoms with Crippen molar-refractivity contribution in [3.63, 3.8) is 0 Å². The third-order valence-corrected chi connectivity index (χ3v) is 7.05. The molecule has 0 saturated heterocycles. The van der Waals surface area contributed by atoms with Crippen LogP contribution >= 0.6 is 11.3 Å². The number of nitrogens with one attached hydrogen (secondary N) is 1. The van der Waals surface area contributed by atoms with Gasteiger partial charge in [0.1, 0.15) is 10.7 Å². The maximum Gasteiger partial charge on any atom is 0.416 e. The zero-order chi connectivity index (χ0) is 27.4. The number of alkyl halides is 3. The molecule has 202 valence electrons. The largest absolute Gasteiger partial charge is 0.454 e. The van der Waals surface area contributed by atoms with Crippen molar-refractivity contribution in [2.24, 2.45) is 0 Å². The van der Waals surface area contributed by atoms with E-state index in [0.717, 1.165) is 22.8 Å². The number of halogens is 3. The molecular weight excluding hydrogens is 527 g/mol. The summed E-state index contributed by atoms with van der Waals surface area (Å²) in [5.74, 6) is 1.01. The molecule has 0 aliphatic carbocycles. The lowest BCUT2D eigenvalue weighted by Crippen LogP contribution is -2.24. The Morgan fingerprint density at radius 1 is 0.949 bits per heavy atom. The summed E-state index contributed by atoms with van der Waals surface area (Å²) >= 11 is 1.35. The molecule has 1 amide bonds. The van der Waals surface area contributed by atoms with Gasteiger partial charge in [0, 0.05) is 25.0 Å². The first-order valence-electron chi connectivity index (χ1n) is 12.3. The van der Waals surface area contributed by atoms with Gasteiger partial charge in [-0.05, 0) is 41.8 Å². The van der Waals surface area contributed by atoms with Crippen molar-refractivity contribution in [1.82, 2.24) is 15.2 Å². The van der Waals surface area contributed by atoms with E-state index < -0.39 is 11.7 Å². The number of ether oxygens (including phenoxy) is 2. The van der Waals surface area contributed by atoms with Crippen molar-refractivity contribution in [2.45, 2.75) is 39.3 Å². The SMILES string of the molecule is Cc1ccc(CN(Cc2cccc(C(F)(F)F)c2)Cc2nc(C(=O)NCc3ccc4c(c3)OCO4)cs2)cc1. The first kappa shape index (κ1) is 26.7. The third kappa shape index (κ3) is 6.96. The highest BCUT2D eigenvalue weighted by atomic mass is 32.1. The smallest absolute Gasteiger partial charge is 0.416 e. The zero-order valence-electron chi connectivity index (χ0n) is 21.1. The van der Waals surface area contributed by atoms with Gasteiger partial charge in [-0.3, -0.25) is 9.69 Å². The van der Waals surface area contributed by atoms with Crippen LogP contribution in [0.5, 0.6) is 11.5 Å². The number of benzene rings is 3. The van der Waals surface area contributed by atoms with Gasteiger partial charge in [-0.1, -0.05) is 54.1 Å². The summed E-state index contributed by atoms with van der Waals surface area (Å²) in [5.41, 5.74) is 3.20. The number of hydrogen-bond acceptors (Lipinski definition) is 6. The van der Waals surface area contributed by atoms with Gasteiger partial charge >= 0.3 is 6.18 Å². The maximum atomic E-state index is 13.3. The topological polar surface area (TPSA) is 63.7 Å². The molecule has 4 aromatic rings. The van der Waals surface area contributed by atoms with Gasteiger partial charge in [0.2, 0.25) is 6.79 Å². The molecule has 0 bridgehead atoms. The Labute approximate surface area is 228 Å². The molecular formula is C29H26F3N3O3S. The minimum atomic E-state index is -4.41. The van der Waals surface area contributed by atoms with Crippen LogP contribution in [0.25, 0.3) is 0 Å². The number of hydrogen-bond donors (Lipinski definition) is 1. The molecule has 0 radical (unpaired) electrons. The van der Waals surface area contributed by atoms with Crippen molar-refractivity contribution in [3.05, 3.63) is 111 Å². The van der Waals surface area contributed by atoms with Gasteiger partial charge in [-0.2, -0.15) is 13.2 Å².